The lowest BCUT2D eigenvalue weighted by atomic mass is 9.91. The minimum absolute atomic E-state index is 0. The van der Waals surface area contributed by atoms with Gasteiger partial charge in [-0.3, -0.25) is 4.79 Å². The maximum atomic E-state index is 12.3. The molecule has 1 fully saturated rings. The maximum absolute atomic E-state index is 12.3. The van der Waals surface area contributed by atoms with Crippen molar-refractivity contribution in [1.29, 1.82) is 0 Å². The summed E-state index contributed by atoms with van der Waals surface area (Å²) in [5.74, 6) is 1.25. The molecule has 126 valence electrons. The molecule has 2 heterocycles. The van der Waals surface area contributed by atoms with Crippen LogP contribution in [0.3, 0.4) is 0 Å². The quantitative estimate of drug-likeness (QED) is 0.837. The summed E-state index contributed by atoms with van der Waals surface area (Å²) in [6.07, 6.45) is 2.05. The van der Waals surface area contributed by atoms with Crippen LogP contribution in [0.2, 0.25) is 0 Å². The van der Waals surface area contributed by atoms with Crippen molar-refractivity contribution < 1.29 is 4.79 Å². The number of benzene rings is 1. The predicted molar refractivity (Wildman–Crippen MR) is 101 cm³/mol. The Balaban J connectivity index is 0.00000192. The highest BCUT2D eigenvalue weighted by Crippen LogP contribution is 2.29. The maximum Gasteiger partial charge on any atom is 0.233 e. The lowest BCUT2D eigenvalue weighted by Crippen LogP contribution is -2.43. The number of carbonyl (C=O) groups excluding carboxylic acids is 1. The van der Waals surface area contributed by atoms with E-state index >= 15 is 0 Å². The van der Waals surface area contributed by atoms with Gasteiger partial charge in [-0.2, -0.15) is 0 Å². The van der Waals surface area contributed by atoms with Crippen molar-refractivity contribution in [2.24, 2.45) is 11.7 Å². The molecule has 0 spiro atoms. The Morgan fingerprint density at radius 3 is 2.78 bits per heavy atom. The summed E-state index contributed by atoms with van der Waals surface area (Å²) >= 11 is 3.20. The second-order valence-corrected chi connectivity index (χ2v) is 8.07. The zero-order valence-corrected chi connectivity index (χ0v) is 15.6. The summed E-state index contributed by atoms with van der Waals surface area (Å²) in [6.45, 7) is 3.74. The Hall–Kier alpha value is -0.820. The van der Waals surface area contributed by atoms with Crippen molar-refractivity contribution in [1.82, 2.24) is 9.88 Å². The van der Waals surface area contributed by atoms with Crippen molar-refractivity contribution in [2.45, 2.75) is 30.1 Å². The van der Waals surface area contributed by atoms with Crippen molar-refractivity contribution >= 4 is 51.6 Å². The number of carbonyl (C=O) groups is 1. The summed E-state index contributed by atoms with van der Waals surface area (Å²) in [4.78, 5) is 18.8. The molecule has 0 radical (unpaired) electrons. The van der Waals surface area contributed by atoms with Gasteiger partial charge in [0.1, 0.15) is 0 Å². The molecule has 1 amide bonds. The molecule has 0 saturated carbocycles. The number of para-hydroxylation sites is 1. The molecule has 0 aliphatic carbocycles. The lowest BCUT2D eigenvalue weighted by Gasteiger charge is -2.33. The fraction of sp³-hybridized carbons (Fsp3) is 0.500. The van der Waals surface area contributed by atoms with E-state index < -0.39 is 0 Å². The zero-order valence-electron chi connectivity index (χ0n) is 13.1. The molecular weight excluding hydrogens is 350 g/mol. The van der Waals surface area contributed by atoms with E-state index in [1.54, 1.807) is 23.1 Å². The van der Waals surface area contributed by atoms with Crippen LogP contribution in [0, 0.1) is 5.92 Å². The van der Waals surface area contributed by atoms with Gasteiger partial charge in [0.2, 0.25) is 5.91 Å². The number of thiazole rings is 1. The van der Waals surface area contributed by atoms with E-state index in [1.165, 1.54) is 4.70 Å². The average Bonchev–Trinajstić information content (AvgIpc) is 2.95. The molecule has 3 rings (SSSR count). The molecule has 1 aliphatic heterocycles. The van der Waals surface area contributed by atoms with Gasteiger partial charge in [-0.05, 0) is 37.8 Å². The first-order chi connectivity index (χ1) is 10.6. The highest BCUT2D eigenvalue weighted by Gasteiger charge is 2.24. The molecule has 2 N–H and O–H groups in total. The average molecular weight is 372 g/mol. The fourth-order valence-corrected chi connectivity index (χ4v) is 4.77. The number of hydrogen-bond donors (Lipinski definition) is 1. The fourth-order valence-electron chi connectivity index (χ4n) is 2.80. The summed E-state index contributed by atoms with van der Waals surface area (Å²) in [6, 6.07) is 8.32. The van der Waals surface area contributed by atoms with Gasteiger partial charge in [-0.25, -0.2) is 4.98 Å². The number of piperidine rings is 1. The lowest BCUT2D eigenvalue weighted by molar-refractivity contribution is -0.129. The van der Waals surface area contributed by atoms with Crippen LogP contribution in [0.25, 0.3) is 10.2 Å². The first-order valence-corrected chi connectivity index (χ1v) is 9.45. The molecule has 23 heavy (non-hydrogen) atoms. The third-order valence-electron chi connectivity index (χ3n) is 4.23. The summed E-state index contributed by atoms with van der Waals surface area (Å²) < 4.78 is 2.15. The largest absolute Gasteiger partial charge is 0.342 e. The van der Waals surface area contributed by atoms with Crippen molar-refractivity contribution in [3.63, 3.8) is 0 Å². The van der Waals surface area contributed by atoms with Gasteiger partial charge >= 0.3 is 0 Å². The predicted octanol–water partition coefficient (Wildman–Crippen LogP) is 3.40. The minimum atomic E-state index is 0. The molecule has 0 bridgehead atoms. The second kappa shape index (κ2) is 8.33. The smallest absolute Gasteiger partial charge is 0.233 e. The van der Waals surface area contributed by atoms with Crippen LogP contribution < -0.4 is 5.73 Å². The molecule has 1 saturated heterocycles. The van der Waals surface area contributed by atoms with E-state index in [9.17, 15) is 4.79 Å². The van der Waals surface area contributed by atoms with Gasteiger partial charge in [0.15, 0.2) is 4.34 Å². The van der Waals surface area contributed by atoms with Crippen LogP contribution in [0.5, 0.6) is 0 Å². The van der Waals surface area contributed by atoms with E-state index in [4.69, 9.17) is 5.73 Å². The summed E-state index contributed by atoms with van der Waals surface area (Å²) in [7, 11) is 0. The summed E-state index contributed by atoms with van der Waals surface area (Å²) in [5, 5.41) is 0. The number of aromatic nitrogens is 1. The monoisotopic (exact) mass is 371 g/mol. The van der Waals surface area contributed by atoms with Gasteiger partial charge in [-0.15, -0.1) is 23.7 Å². The van der Waals surface area contributed by atoms with Crippen LogP contribution in [-0.2, 0) is 4.79 Å². The molecule has 1 atom stereocenters. The van der Waals surface area contributed by atoms with Crippen molar-refractivity contribution in [2.75, 3.05) is 18.8 Å². The van der Waals surface area contributed by atoms with Crippen LogP contribution in [0.15, 0.2) is 28.6 Å². The van der Waals surface area contributed by atoms with E-state index in [-0.39, 0.29) is 24.4 Å². The molecular formula is C16H22ClN3OS2. The zero-order chi connectivity index (χ0) is 15.5. The van der Waals surface area contributed by atoms with E-state index in [2.05, 4.69) is 18.0 Å². The second-order valence-electron chi connectivity index (χ2n) is 5.81. The number of rotatable bonds is 4. The molecule has 1 aliphatic rings. The number of nitrogens with two attached hydrogens (primary N) is 1. The molecule has 1 unspecified atom stereocenters. The van der Waals surface area contributed by atoms with Gasteiger partial charge in [0.25, 0.3) is 0 Å². The summed E-state index contributed by atoms with van der Waals surface area (Å²) in [5.41, 5.74) is 6.96. The number of thioether (sulfide) groups is 1. The Morgan fingerprint density at radius 2 is 2.13 bits per heavy atom. The number of fused-ring (bicyclic) bond motifs is 1. The minimum Gasteiger partial charge on any atom is -0.342 e. The molecule has 1 aromatic heterocycles. The Labute approximate surface area is 151 Å². The van der Waals surface area contributed by atoms with Gasteiger partial charge in [0.05, 0.1) is 16.0 Å². The number of nitrogens with zero attached hydrogens (tertiary/aromatic N) is 2. The SMILES string of the molecule is CC(N)C1CCN(C(=O)CSc2nc3ccccc3s2)CC1.Cl. The topological polar surface area (TPSA) is 59.2 Å². The first kappa shape index (κ1) is 18.5. The molecule has 2 aromatic rings. The Kier molecular flexibility index (Phi) is 6.71. The highest BCUT2D eigenvalue weighted by molar-refractivity contribution is 8.01. The number of hydrogen-bond acceptors (Lipinski definition) is 5. The van der Waals surface area contributed by atoms with Crippen molar-refractivity contribution in [3.8, 4) is 0 Å². The Morgan fingerprint density at radius 1 is 1.43 bits per heavy atom. The van der Waals surface area contributed by atoms with Gasteiger partial charge in [0, 0.05) is 19.1 Å². The van der Waals surface area contributed by atoms with E-state index in [1.807, 2.05) is 23.1 Å². The standard InChI is InChI=1S/C16H21N3OS2.ClH/c1-11(17)12-6-8-19(9-7-12)15(20)10-21-16-18-13-4-2-3-5-14(13)22-16;/h2-5,11-12H,6-10,17H2,1H3;1H. The van der Waals surface area contributed by atoms with Crippen LogP contribution in [0.1, 0.15) is 19.8 Å². The third-order valence-corrected chi connectivity index (χ3v) is 6.39. The Bertz CT molecular complexity index is 621. The van der Waals surface area contributed by atoms with Crippen molar-refractivity contribution in [3.05, 3.63) is 24.3 Å². The number of likely N-dealkylation sites (tertiary alicyclic amines) is 1. The van der Waals surface area contributed by atoms with Gasteiger partial charge < -0.3 is 10.6 Å². The van der Waals surface area contributed by atoms with Gasteiger partial charge in [-0.1, -0.05) is 23.9 Å². The van der Waals surface area contributed by atoms with E-state index in [0.29, 0.717) is 11.7 Å². The molecule has 1 aromatic carbocycles. The third kappa shape index (κ3) is 4.59. The molecule has 7 heteroatoms. The van der Waals surface area contributed by atoms with Crippen LogP contribution in [0.4, 0.5) is 0 Å². The van der Waals surface area contributed by atoms with Crippen LogP contribution in [-0.4, -0.2) is 40.7 Å². The highest BCUT2D eigenvalue weighted by atomic mass is 35.5. The number of halogens is 1. The normalized spacial score (nSPS) is 17.0. The van der Waals surface area contributed by atoms with Crippen LogP contribution >= 0.6 is 35.5 Å². The number of amides is 1. The van der Waals surface area contributed by atoms with E-state index in [0.717, 1.165) is 35.8 Å². The molecule has 4 nitrogen and oxygen atoms in total. The first-order valence-electron chi connectivity index (χ1n) is 7.65.